The van der Waals surface area contributed by atoms with Crippen LogP contribution in [0.1, 0.15) is 17.3 Å². The molecule has 0 unspecified atom stereocenters. The van der Waals surface area contributed by atoms with Gasteiger partial charge >= 0.3 is 5.97 Å². The van der Waals surface area contributed by atoms with Crippen molar-refractivity contribution >= 4 is 53.3 Å². The number of fused-ring (bicyclic) bond motifs is 1. The first-order valence-electron chi connectivity index (χ1n) is 12.1. The van der Waals surface area contributed by atoms with Gasteiger partial charge in [0, 0.05) is 39.1 Å². The number of benzene rings is 2. The first-order chi connectivity index (χ1) is 18.9. The van der Waals surface area contributed by atoms with Crippen molar-refractivity contribution in [1.29, 1.82) is 0 Å². The molecule has 0 saturated heterocycles. The molecule has 1 heterocycles. The van der Waals surface area contributed by atoms with Gasteiger partial charge in [0.1, 0.15) is 6.54 Å². The van der Waals surface area contributed by atoms with Crippen LogP contribution in [0.5, 0.6) is 0 Å². The van der Waals surface area contributed by atoms with Crippen LogP contribution in [-0.2, 0) is 45.4 Å². The highest BCUT2D eigenvalue weighted by Crippen LogP contribution is 2.22. The smallest absolute Gasteiger partial charge is 0.326 e. The number of amides is 1. The van der Waals surface area contributed by atoms with Gasteiger partial charge in [0.05, 0.1) is 39.8 Å². The Morgan fingerprint density at radius 3 is 2.10 bits per heavy atom. The van der Waals surface area contributed by atoms with Crippen LogP contribution in [0.4, 0.5) is 0 Å². The van der Waals surface area contributed by atoms with Gasteiger partial charge in [-0.2, -0.15) is 9.30 Å². The second kappa shape index (κ2) is 13.6. The molecule has 0 saturated carbocycles. The normalized spacial score (nSPS) is 12.8. The Kier molecular flexibility index (Phi) is 10.7. The molecule has 12 nitrogen and oxygen atoms in total. The molecule has 0 aliphatic rings. The maximum absolute atomic E-state index is 13.1. The summed E-state index contributed by atoms with van der Waals surface area (Å²) in [6.45, 7) is 2.25. The molecule has 40 heavy (non-hydrogen) atoms. The number of esters is 1. The lowest BCUT2D eigenvalue weighted by molar-refractivity contribution is -0.143. The van der Waals surface area contributed by atoms with Crippen molar-refractivity contribution in [2.75, 3.05) is 53.4 Å². The number of methoxy groups -OCH3 is 2. The molecule has 2 aromatic carbocycles. The molecular weight excluding hydrogens is 582 g/mol. The monoisotopic (exact) mass is 613 g/mol. The van der Waals surface area contributed by atoms with Crippen molar-refractivity contribution in [2.24, 2.45) is 4.99 Å². The summed E-state index contributed by atoms with van der Waals surface area (Å²) in [6.07, 6.45) is 1.08. The van der Waals surface area contributed by atoms with Gasteiger partial charge in [0.25, 0.3) is 5.91 Å². The third-order valence-electron chi connectivity index (χ3n) is 5.70. The zero-order chi connectivity index (χ0) is 29.5. The average molecular weight is 614 g/mol. The quantitative estimate of drug-likeness (QED) is 0.262. The van der Waals surface area contributed by atoms with E-state index in [1.807, 2.05) is 0 Å². The number of thiazole rings is 1. The van der Waals surface area contributed by atoms with E-state index in [1.165, 1.54) is 59.5 Å². The molecule has 3 aromatic rings. The fraction of sp³-hybridized carbons (Fsp3) is 0.400. The molecule has 0 spiro atoms. The van der Waals surface area contributed by atoms with Crippen LogP contribution >= 0.6 is 11.3 Å². The largest absolute Gasteiger partial charge is 0.465 e. The number of rotatable bonds is 13. The van der Waals surface area contributed by atoms with Crippen LogP contribution in [0, 0.1) is 0 Å². The molecular formula is C25H31N3O9S3. The van der Waals surface area contributed by atoms with Crippen LogP contribution in [0.25, 0.3) is 10.2 Å². The summed E-state index contributed by atoms with van der Waals surface area (Å²) >= 11 is 1.04. The van der Waals surface area contributed by atoms with Crippen molar-refractivity contribution in [3.05, 3.63) is 52.8 Å². The summed E-state index contributed by atoms with van der Waals surface area (Å²) in [7, 11) is -4.41. The van der Waals surface area contributed by atoms with E-state index in [0.717, 1.165) is 17.6 Å². The van der Waals surface area contributed by atoms with E-state index in [-0.39, 0.29) is 59.6 Å². The Hall–Kier alpha value is -2.95. The van der Waals surface area contributed by atoms with E-state index < -0.39 is 31.7 Å². The van der Waals surface area contributed by atoms with Gasteiger partial charge in [0.15, 0.2) is 14.6 Å². The van der Waals surface area contributed by atoms with Crippen molar-refractivity contribution in [3.8, 4) is 0 Å². The number of sulfonamides is 1. The minimum absolute atomic E-state index is 0.0104. The standard InChI is InChI=1S/C25H31N3O9S3/c1-5-37-23(29)17-28-21-11-10-20(39(4,31)32)16-22(21)38-25(28)26-24(30)18-6-8-19(9-7-18)40(33,34)27(12-14-35-2)13-15-36-3/h6-11,16H,5,12-15,17H2,1-4H3. The van der Waals surface area contributed by atoms with Crippen LogP contribution < -0.4 is 4.80 Å². The lowest BCUT2D eigenvalue weighted by Gasteiger charge is -2.21. The van der Waals surface area contributed by atoms with Crippen LogP contribution in [0.2, 0.25) is 0 Å². The molecule has 0 N–H and O–H groups in total. The van der Waals surface area contributed by atoms with Gasteiger partial charge in [0.2, 0.25) is 10.0 Å². The van der Waals surface area contributed by atoms with Gasteiger partial charge < -0.3 is 18.8 Å². The third-order valence-corrected chi connectivity index (χ3v) is 9.77. The van der Waals surface area contributed by atoms with E-state index in [0.29, 0.717) is 10.2 Å². The van der Waals surface area contributed by atoms with Crippen LogP contribution in [0.15, 0.2) is 57.2 Å². The SMILES string of the molecule is CCOC(=O)Cn1c(=NC(=O)c2ccc(S(=O)(=O)N(CCOC)CCOC)cc2)sc2cc(S(C)(=O)=O)ccc21. The molecule has 0 fully saturated rings. The molecule has 3 rings (SSSR count). The second-order valence-electron chi connectivity index (χ2n) is 8.51. The average Bonchev–Trinajstić information content (AvgIpc) is 3.24. The number of aromatic nitrogens is 1. The zero-order valence-electron chi connectivity index (χ0n) is 22.5. The maximum Gasteiger partial charge on any atom is 0.326 e. The number of nitrogens with zero attached hydrogens (tertiary/aromatic N) is 3. The Labute approximate surface area is 236 Å². The van der Waals surface area contributed by atoms with E-state index in [1.54, 1.807) is 13.0 Å². The number of ether oxygens (including phenoxy) is 3. The van der Waals surface area contributed by atoms with Crippen molar-refractivity contribution in [2.45, 2.75) is 23.3 Å². The number of carbonyl (C=O) groups is 2. The Morgan fingerprint density at radius 1 is 0.950 bits per heavy atom. The summed E-state index contributed by atoms with van der Waals surface area (Å²) in [5.41, 5.74) is 0.627. The highest BCUT2D eigenvalue weighted by Gasteiger charge is 2.24. The lowest BCUT2D eigenvalue weighted by Crippen LogP contribution is -2.36. The minimum atomic E-state index is -3.88. The van der Waals surface area contributed by atoms with Crippen LogP contribution in [0.3, 0.4) is 0 Å². The molecule has 0 aliphatic carbocycles. The van der Waals surface area contributed by atoms with Gasteiger partial charge in [-0.05, 0) is 49.4 Å². The molecule has 0 radical (unpaired) electrons. The molecule has 218 valence electrons. The van der Waals surface area contributed by atoms with E-state index in [4.69, 9.17) is 14.2 Å². The topological polar surface area (TPSA) is 151 Å². The number of sulfone groups is 1. The molecule has 0 aliphatic heterocycles. The summed E-state index contributed by atoms with van der Waals surface area (Å²) in [5, 5.41) is 0. The first kappa shape index (κ1) is 31.6. The number of carbonyl (C=O) groups excluding carboxylic acids is 2. The lowest BCUT2D eigenvalue weighted by atomic mass is 10.2. The van der Waals surface area contributed by atoms with Crippen molar-refractivity contribution in [1.82, 2.24) is 8.87 Å². The van der Waals surface area contributed by atoms with Gasteiger partial charge in [-0.3, -0.25) is 9.59 Å². The van der Waals surface area contributed by atoms with Crippen molar-refractivity contribution < 1.29 is 40.6 Å². The first-order valence-corrected chi connectivity index (χ1v) is 16.2. The molecule has 1 aromatic heterocycles. The van der Waals surface area contributed by atoms with Gasteiger partial charge in [-0.25, -0.2) is 16.8 Å². The second-order valence-corrected chi connectivity index (χ2v) is 13.5. The van der Waals surface area contributed by atoms with Crippen LogP contribution in [-0.4, -0.2) is 91.0 Å². The Balaban J connectivity index is 2.00. The Morgan fingerprint density at radius 2 is 1.55 bits per heavy atom. The maximum atomic E-state index is 13.1. The fourth-order valence-electron chi connectivity index (χ4n) is 3.67. The van der Waals surface area contributed by atoms with Gasteiger partial charge in [-0.1, -0.05) is 11.3 Å². The van der Waals surface area contributed by atoms with E-state index >= 15 is 0 Å². The molecule has 0 bridgehead atoms. The van der Waals surface area contributed by atoms with E-state index in [2.05, 4.69) is 4.99 Å². The van der Waals surface area contributed by atoms with E-state index in [9.17, 15) is 26.4 Å². The summed E-state index contributed by atoms with van der Waals surface area (Å²) in [4.78, 5) is 29.8. The minimum Gasteiger partial charge on any atom is -0.465 e. The highest BCUT2D eigenvalue weighted by molar-refractivity contribution is 7.90. The zero-order valence-corrected chi connectivity index (χ0v) is 25.0. The van der Waals surface area contributed by atoms with Crippen molar-refractivity contribution in [3.63, 3.8) is 0 Å². The highest BCUT2D eigenvalue weighted by atomic mass is 32.2. The predicted molar refractivity (Wildman–Crippen MR) is 148 cm³/mol. The summed E-state index contributed by atoms with van der Waals surface area (Å²) in [5.74, 6) is -1.23. The Bertz CT molecular complexity index is 1630. The predicted octanol–water partition coefficient (Wildman–Crippen LogP) is 1.69. The summed E-state index contributed by atoms with van der Waals surface area (Å²) < 4.78 is 68.6. The molecule has 1 amide bonds. The number of hydrogen-bond acceptors (Lipinski definition) is 10. The fourth-order valence-corrected chi connectivity index (χ4v) is 6.86. The molecule has 15 heteroatoms. The number of hydrogen-bond donors (Lipinski definition) is 0. The van der Waals surface area contributed by atoms with Gasteiger partial charge in [-0.15, -0.1) is 0 Å². The molecule has 0 atom stereocenters. The summed E-state index contributed by atoms with van der Waals surface area (Å²) in [6, 6.07) is 9.77. The third kappa shape index (κ3) is 7.62.